The number of aryl methyl sites for hydroxylation is 1. The lowest BCUT2D eigenvalue weighted by Gasteiger charge is -2.07. The van der Waals surface area contributed by atoms with Gasteiger partial charge in [-0.1, -0.05) is 17.2 Å². The van der Waals surface area contributed by atoms with E-state index in [0.29, 0.717) is 0 Å². The third kappa shape index (κ3) is 3.06. The highest BCUT2D eigenvalue weighted by atomic mass is 32.2. The number of hydrogen-bond donors (Lipinski definition) is 2. The molecule has 0 aliphatic carbocycles. The summed E-state index contributed by atoms with van der Waals surface area (Å²) in [6.07, 6.45) is 0. The molecule has 0 saturated heterocycles. The smallest absolute Gasteiger partial charge is 0.277 e. The summed E-state index contributed by atoms with van der Waals surface area (Å²) in [7, 11) is -2.17. The fourth-order valence-electron chi connectivity index (χ4n) is 1.45. The first kappa shape index (κ1) is 13.4. The molecule has 0 fully saturated rings. The number of nitrogens with zero attached hydrogens (tertiary/aromatic N) is 4. The van der Waals surface area contributed by atoms with Gasteiger partial charge in [0.1, 0.15) is 0 Å². The Morgan fingerprint density at radius 2 is 1.95 bits per heavy atom. The quantitative estimate of drug-likeness (QED) is 0.817. The van der Waals surface area contributed by atoms with Crippen LogP contribution in [0.15, 0.2) is 29.2 Å². The summed E-state index contributed by atoms with van der Waals surface area (Å²) >= 11 is 0. The van der Waals surface area contributed by atoms with Crippen molar-refractivity contribution in [3.05, 3.63) is 29.8 Å². The minimum atomic E-state index is -3.71. The molecule has 2 aromatic rings. The van der Waals surface area contributed by atoms with E-state index < -0.39 is 10.0 Å². The van der Waals surface area contributed by atoms with Crippen molar-refractivity contribution < 1.29 is 8.42 Å². The average Bonchev–Trinajstić information content (AvgIpc) is 2.74. The van der Waals surface area contributed by atoms with Crippen LogP contribution >= 0.6 is 0 Å². The van der Waals surface area contributed by atoms with Crippen LogP contribution in [0.25, 0.3) is 0 Å². The van der Waals surface area contributed by atoms with Gasteiger partial charge in [-0.3, -0.25) is 0 Å². The number of aromatic nitrogens is 4. The number of nitrogens with two attached hydrogens (primary N) is 1. The number of rotatable bonds is 4. The molecule has 0 unspecified atom stereocenters. The lowest BCUT2D eigenvalue weighted by Crippen LogP contribution is -2.14. The molecular weight excluding hydrogens is 268 g/mol. The van der Waals surface area contributed by atoms with E-state index in [0.717, 1.165) is 10.4 Å². The summed E-state index contributed by atoms with van der Waals surface area (Å²) in [5.74, 6) is -0.0706. The molecule has 0 aliphatic rings. The fourth-order valence-corrected chi connectivity index (χ4v) is 2.39. The maximum Gasteiger partial charge on any atom is 0.277 e. The van der Waals surface area contributed by atoms with E-state index in [-0.39, 0.29) is 16.9 Å². The lowest BCUT2D eigenvalue weighted by atomic mass is 10.1. The van der Waals surface area contributed by atoms with Gasteiger partial charge in [0.05, 0.1) is 11.9 Å². The van der Waals surface area contributed by atoms with Crippen LogP contribution in [0.4, 0.5) is 5.95 Å². The van der Waals surface area contributed by atoms with E-state index in [9.17, 15) is 8.42 Å². The van der Waals surface area contributed by atoms with Gasteiger partial charge in [0.25, 0.3) is 16.0 Å². The number of tetrazole rings is 1. The highest BCUT2D eigenvalue weighted by Gasteiger charge is 2.16. The summed E-state index contributed by atoms with van der Waals surface area (Å²) in [5.41, 5.74) is 6.56. The maximum atomic E-state index is 12.0. The van der Waals surface area contributed by atoms with Gasteiger partial charge in [-0.2, -0.15) is 4.80 Å². The fraction of sp³-hybridized carbons (Fsp3) is 0.300. The Balaban J connectivity index is 2.24. The average molecular weight is 282 g/mol. The van der Waals surface area contributed by atoms with E-state index in [1.54, 1.807) is 19.2 Å². The van der Waals surface area contributed by atoms with Gasteiger partial charge in [0.15, 0.2) is 0 Å². The highest BCUT2D eigenvalue weighted by molar-refractivity contribution is 7.92. The summed E-state index contributed by atoms with van der Waals surface area (Å²) in [5, 5.41) is 10.9. The van der Waals surface area contributed by atoms with Crippen molar-refractivity contribution in [2.24, 2.45) is 12.8 Å². The Morgan fingerprint density at radius 3 is 2.42 bits per heavy atom. The number of anilines is 1. The second-order valence-electron chi connectivity index (χ2n) is 4.07. The Hall–Kier alpha value is -2.00. The van der Waals surface area contributed by atoms with Crippen molar-refractivity contribution >= 4 is 16.0 Å². The molecule has 0 amide bonds. The monoisotopic (exact) mass is 282 g/mol. The largest absolute Gasteiger partial charge is 0.324 e. The van der Waals surface area contributed by atoms with Gasteiger partial charge in [-0.25, -0.2) is 13.1 Å². The first-order valence-corrected chi connectivity index (χ1v) is 6.99. The molecule has 2 rings (SSSR count). The Bertz CT molecular complexity index is 662. The van der Waals surface area contributed by atoms with Crippen LogP contribution in [0.1, 0.15) is 18.5 Å². The molecule has 19 heavy (non-hydrogen) atoms. The molecule has 1 atom stereocenters. The van der Waals surface area contributed by atoms with Crippen molar-refractivity contribution in [2.45, 2.75) is 17.9 Å². The van der Waals surface area contributed by atoms with Crippen LogP contribution < -0.4 is 10.5 Å². The van der Waals surface area contributed by atoms with Gasteiger partial charge >= 0.3 is 0 Å². The minimum Gasteiger partial charge on any atom is -0.324 e. The topological polar surface area (TPSA) is 116 Å². The molecule has 102 valence electrons. The zero-order chi connectivity index (χ0) is 14.0. The number of hydrogen-bond acceptors (Lipinski definition) is 6. The van der Waals surface area contributed by atoms with Crippen molar-refractivity contribution in [2.75, 3.05) is 4.72 Å². The van der Waals surface area contributed by atoms with Gasteiger partial charge in [0, 0.05) is 6.04 Å². The van der Waals surface area contributed by atoms with Crippen LogP contribution in [0, 0.1) is 0 Å². The van der Waals surface area contributed by atoms with E-state index in [1.807, 2.05) is 6.92 Å². The molecule has 3 N–H and O–H groups in total. The Kier molecular flexibility index (Phi) is 3.49. The molecule has 1 aromatic carbocycles. The molecule has 8 nitrogen and oxygen atoms in total. The second kappa shape index (κ2) is 4.94. The summed E-state index contributed by atoms with van der Waals surface area (Å²) in [6.45, 7) is 1.82. The maximum absolute atomic E-state index is 12.0. The first-order chi connectivity index (χ1) is 8.88. The van der Waals surface area contributed by atoms with Crippen LogP contribution in [0.3, 0.4) is 0 Å². The van der Waals surface area contributed by atoms with Gasteiger partial charge in [0.2, 0.25) is 0 Å². The highest BCUT2D eigenvalue weighted by Crippen LogP contribution is 2.16. The van der Waals surface area contributed by atoms with Crippen molar-refractivity contribution in [1.29, 1.82) is 0 Å². The number of nitrogens with one attached hydrogen (secondary N) is 1. The molecule has 0 spiro atoms. The van der Waals surface area contributed by atoms with Gasteiger partial charge in [-0.15, -0.1) is 5.10 Å². The lowest BCUT2D eigenvalue weighted by molar-refractivity contribution is 0.600. The SMILES string of the molecule is C[C@@H](N)c1ccc(S(=O)(=O)Nc2nnn(C)n2)cc1. The normalized spacial score (nSPS) is 13.2. The van der Waals surface area contributed by atoms with E-state index in [2.05, 4.69) is 20.1 Å². The van der Waals surface area contributed by atoms with Crippen LogP contribution in [0.2, 0.25) is 0 Å². The molecule has 1 heterocycles. The molecule has 0 bridgehead atoms. The first-order valence-electron chi connectivity index (χ1n) is 5.51. The predicted molar refractivity (Wildman–Crippen MR) is 68.7 cm³/mol. The van der Waals surface area contributed by atoms with E-state index in [4.69, 9.17) is 5.73 Å². The van der Waals surface area contributed by atoms with E-state index >= 15 is 0 Å². The second-order valence-corrected chi connectivity index (χ2v) is 5.75. The summed E-state index contributed by atoms with van der Waals surface area (Å²) in [4.78, 5) is 1.28. The molecule has 9 heteroatoms. The molecule has 1 aromatic heterocycles. The van der Waals surface area contributed by atoms with Gasteiger partial charge in [-0.05, 0) is 29.8 Å². The molecule has 0 aliphatic heterocycles. The standard InChI is InChI=1S/C10H14N6O2S/c1-7(11)8-3-5-9(6-4-8)19(17,18)14-10-12-15-16(2)13-10/h3-7H,11H2,1-2H3,(H,13,14)/t7-/m1/s1. The van der Waals surface area contributed by atoms with Crippen molar-refractivity contribution in [3.63, 3.8) is 0 Å². The predicted octanol–water partition coefficient (Wildman–Crippen LogP) is 0.0306. The third-order valence-corrected chi connectivity index (χ3v) is 3.79. The zero-order valence-corrected chi connectivity index (χ0v) is 11.3. The summed E-state index contributed by atoms with van der Waals surface area (Å²) in [6, 6.07) is 6.16. The van der Waals surface area contributed by atoms with Crippen LogP contribution in [-0.2, 0) is 17.1 Å². The van der Waals surface area contributed by atoms with Crippen molar-refractivity contribution in [3.8, 4) is 0 Å². The van der Waals surface area contributed by atoms with Crippen LogP contribution in [0.5, 0.6) is 0 Å². The zero-order valence-electron chi connectivity index (χ0n) is 10.5. The minimum absolute atomic E-state index is 0.0706. The third-order valence-electron chi connectivity index (χ3n) is 2.45. The molecular formula is C10H14N6O2S. The Morgan fingerprint density at radius 1 is 1.32 bits per heavy atom. The number of benzene rings is 1. The Labute approximate surface area is 110 Å². The van der Waals surface area contributed by atoms with Gasteiger partial charge < -0.3 is 5.73 Å². The summed E-state index contributed by atoms with van der Waals surface area (Å²) < 4.78 is 26.3. The van der Waals surface area contributed by atoms with E-state index in [1.165, 1.54) is 12.1 Å². The number of sulfonamides is 1. The van der Waals surface area contributed by atoms with Crippen LogP contribution in [-0.4, -0.2) is 28.6 Å². The molecule has 0 saturated carbocycles. The molecule has 0 radical (unpaired) electrons. The van der Waals surface area contributed by atoms with Crippen molar-refractivity contribution in [1.82, 2.24) is 20.2 Å².